The Balaban J connectivity index is 1.40. The van der Waals surface area contributed by atoms with Crippen molar-refractivity contribution in [1.82, 2.24) is 20.5 Å². The number of pyridine rings is 1. The minimum absolute atomic E-state index is 0.132. The molecular formula is C21H24F2N6. The summed E-state index contributed by atoms with van der Waals surface area (Å²) in [4.78, 5) is 5.91. The van der Waals surface area contributed by atoms with E-state index in [0.717, 1.165) is 42.9 Å². The minimum Gasteiger partial charge on any atom is -0.353 e. The van der Waals surface area contributed by atoms with Crippen molar-refractivity contribution in [3.63, 3.8) is 0 Å². The highest BCUT2D eigenvalue weighted by molar-refractivity contribution is 5.76. The van der Waals surface area contributed by atoms with Gasteiger partial charge >= 0.3 is 0 Å². The van der Waals surface area contributed by atoms with Crippen LogP contribution in [0.15, 0.2) is 31.1 Å². The number of anilines is 2. The molecule has 8 heteroatoms. The lowest BCUT2D eigenvalue weighted by atomic mass is 9.98. The number of hydrogen-bond donors (Lipinski definition) is 3. The molecule has 0 bridgehead atoms. The molecule has 2 aromatic heterocycles. The molecule has 0 spiro atoms. The van der Waals surface area contributed by atoms with Crippen LogP contribution in [0.5, 0.6) is 0 Å². The number of nitrogens with one attached hydrogen (secondary N) is 3. The molecule has 6 nitrogen and oxygen atoms in total. The van der Waals surface area contributed by atoms with Crippen LogP contribution in [0.25, 0.3) is 5.70 Å². The first-order valence-corrected chi connectivity index (χ1v) is 9.81. The molecule has 2 aliphatic rings. The van der Waals surface area contributed by atoms with Crippen molar-refractivity contribution >= 4 is 17.2 Å². The molecule has 0 aromatic carbocycles. The van der Waals surface area contributed by atoms with Gasteiger partial charge in [-0.3, -0.25) is 5.10 Å². The van der Waals surface area contributed by atoms with Crippen molar-refractivity contribution in [2.24, 2.45) is 5.92 Å². The van der Waals surface area contributed by atoms with Crippen molar-refractivity contribution in [3.8, 4) is 11.8 Å². The summed E-state index contributed by atoms with van der Waals surface area (Å²) >= 11 is 0. The fourth-order valence-electron chi connectivity index (χ4n) is 3.57. The van der Waals surface area contributed by atoms with Gasteiger partial charge in [-0.15, -0.1) is 0 Å². The van der Waals surface area contributed by atoms with Crippen LogP contribution in [-0.4, -0.2) is 47.3 Å². The van der Waals surface area contributed by atoms with Gasteiger partial charge in [0.05, 0.1) is 41.6 Å². The van der Waals surface area contributed by atoms with Gasteiger partial charge in [-0.05, 0) is 38.1 Å². The zero-order valence-corrected chi connectivity index (χ0v) is 16.1. The number of rotatable bonds is 4. The summed E-state index contributed by atoms with van der Waals surface area (Å²) in [6, 6.07) is 3.54. The van der Waals surface area contributed by atoms with E-state index < -0.39 is 5.92 Å². The van der Waals surface area contributed by atoms with E-state index in [-0.39, 0.29) is 13.0 Å². The number of halogens is 2. The predicted octanol–water partition coefficient (Wildman–Crippen LogP) is 3.08. The minimum atomic E-state index is -2.64. The third kappa shape index (κ3) is 4.74. The second-order valence-electron chi connectivity index (χ2n) is 7.49. The number of alkyl halides is 2. The summed E-state index contributed by atoms with van der Waals surface area (Å²) in [7, 11) is 0. The number of aromatic nitrogens is 3. The fourth-order valence-corrected chi connectivity index (χ4v) is 3.57. The first-order chi connectivity index (χ1) is 14.0. The summed E-state index contributed by atoms with van der Waals surface area (Å²) in [6.07, 6.45) is 5.30. The molecule has 3 N–H and O–H groups in total. The van der Waals surface area contributed by atoms with Crippen molar-refractivity contribution in [2.75, 3.05) is 36.4 Å². The first-order valence-electron chi connectivity index (χ1n) is 9.81. The molecule has 29 heavy (non-hydrogen) atoms. The molecule has 2 saturated heterocycles. The van der Waals surface area contributed by atoms with E-state index in [1.54, 1.807) is 29.4 Å². The summed E-state index contributed by atoms with van der Waals surface area (Å²) in [6.45, 7) is 6.10. The standard InChI is InChI=1S/C21H24F2N6/c1-15(20-17(12-26-28-20)3-2-16-6-9-24-10-7-16)27-18-4-5-19(25-13-18)29-11-8-21(22,23)14-29/h4-5,12-13,16,24,27H,1,6-11,14H2,(H,26,28). The lowest BCUT2D eigenvalue weighted by Gasteiger charge is -2.17. The second-order valence-corrected chi connectivity index (χ2v) is 7.49. The highest BCUT2D eigenvalue weighted by Gasteiger charge is 2.38. The quantitative estimate of drug-likeness (QED) is 0.691. The van der Waals surface area contributed by atoms with Crippen molar-refractivity contribution in [3.05, 3.63) is 42.4 Å². The zero-order valence-electron chi connectivity index (χ0n) is 16.1. The molecule has 4 rings (SSSR count). The van der Waals surface area contributed by atoms with Gasteiger partial charge in [0, 0.05) is 18.9 Å². The molecule has 2 aromatic rings. The normalized spacial score (nSPS) is 18.9. The average Bonchev–Trinajstić information content (AvgIpc) is 3.34. The summed E-state index contributed by atoms with van der Waals surface area (Å²) in [5, 5.41) is 13.6. The van der Waals surface area contributed by atoms with Crippen LogP contribution in [0.1, 0.15) is 30.5 Å². The maximum Gasteiger partial charge on any atom is 0.266 e. The topological polar surface area (TPSA) is 68.9 Å². The van der Waals surface area contributed by atoms with Gasteiger partial charge in [-0.25, -0.2) is 13.8 Å². The van der Waals surface area contributed by atoms with Crippen LogP contribution in [0, 0.1) is 17.8 Å². The Bertz CT molecular complexity index is 919. The monoisotopic (exact) mass is 398 g/mol. The van der Waals surface area contributed by atoms with Gasteiger partial charge in [0.15, 0.2) is 0 Å². The smallest absolute Gasteiger partial charge is 0.266 e. The largest absolute Gasteiger partial charge is 0.353 e. The Morgan fingerprint density at radius 1 is 1.28 bits per heavy atom. The molecule has 4 heterocycles. The lowest BCUT2D eigenvalue weighted by Crippen LogP contribution is -2.26. The van der Waals surface area contributed by atoms with Gasteiger partial charge in [0.1, 0.15) is 5.82 Å². The van der Waals surface area contributed by atoms with E-state index in [1.807, 2.05) is 0 Å². The van der Waals surface area contributed by atoms with Crippen molar-refractivity contribution in [2.45, 2.75) is 25.2 Å². The molecule has 152 valence electrons. The van der Waals surface area contributed by atoms with Crippen LogP contribution in [0.4, 0.5) is 20.3 Å². The van der Waals surface area contributed by atoms with E-state index in [0.29, 0.717) is 24.0 Å². The van der Waals surface area contributed by atoms with Gasteiger partial charge in [0.2, 0.25) is 0 Å². The van der Waals surface area contributed by atoms with E-state index in [1.165, 1.54) is 0 Å². The Labute approximate surface area is 168 Å². The fraction of sp³-hybridized carbons (Fsp3) is 0.429. The molecule has 0 aliphatic carbocycles. The number of nitrogens with zero attached hydrogens (tertiary/aromatic N) is 3. The molecule has 0 saturated carbocycles. The predicted molar refractivity (Wildman–Crippen MR) is 110 cm³/mol. The van der Waals surface area contributed by atoms with Crippen LogP contribution in [-0.2, 0) is 0 Å². The lowest BCUT2D eigenvalue weighted by molar-refractivity contribution is 0.0256. The Hall–Kier alpha value is -2.92. The highest BCUT2D eigenvalue weighted by atomic mass is 19.3. The average molecular weight is 398 g/mol. The molecule has 2 fully saturated rings. The maximum absolute atomic E-state index is 13.4. The van der Waals surface area contributed by atoms with Crippen LogP contribution >= 0.6 is 0 Å². The van der Waals surface area contributed by atoms with Crippen LogP contribution < -0.4 is 15.5 Å². The number of hydrogen-bond acceptors (Lipinski definition) is 5. The van der Waals surface area contributed by atoms with E-state index in [4.69, 9.17) is 0 Å². The van der Waals surface area contributed by atoms with Gasteiger partial charge in [-0.1, -0.05) is 18.4 Å². The van der Waals surface area contributed by atoms with Crippen molar-refractivity contribution in [1.29, 1.82) is 0 Å². The third-order valence-electron chi connectivity index (χ3n) is 5.23. The Morgan fingerprint density at radius 2 is 2.10 bits per heavy atom. The Morgan fingerprint density at radius 3 is 2.79 bits per heavy atom. The summed E-state index contributed by atoms with van der Waals surface area (Å²) < 4.78 is 26.8. The molecular weight excluding hydrogens is 374 g/mol. The van der Waals surface area contributed by atoms with Crippen LogP contribution in [0.3, 0.4) is 0 Å². The summed E-state index contributed by atoms with van der Waals surface area (Å²) in [5.74, 6) is 4.86. The SMILES string of the molecule is C=C(Nc1ccc(N2CCC(F)(F)C2)nc1)c1[nH]ncc1C#CC1CCNCC1. The third-order valence-corrected chi connectivity index (χ3v) is 5.23. The van der Waals surface area contributed by atoms with Gasteiger partial charge in [0.25, 0.3) is 5.92 Å². The van der Waals surface area contributed by atoms with Gasteiger partial charge < -0.3 is 15.5 Å². The molecule has 0 unspecified atom stereocenters. The maximum atomic E-state index is 13.4. The summed E-state index contributed by atoms with van der Waals surface area (Å²) in [5.41, 5.74) is 2.87. The zero-order chi connectivity index (χ0) is 20.3. The van der Waals surface area contributed by atoms with Gasteiger partial charge in [-0.2, -0.15) is 5.10 Å². The molecule has 2 aliphatic heterocycles. The molecule has 0 amide bonds. The van der Waals surface area contributed by atoms with E-state index in [2.05, 4.69) is 44.2 Å². The number of H-pyrrole nitrogens is 1. The molecule has 0 radical (unpaired) electrons. The van der Waals surface area contributed by atoms with Crippen LogP contribution in [0.2, 0.25) is 0 Å². The first kappa shape index (κ1) is 19.4. The Kier molecular flexibility index (Phi) is 5.49. The second kappa shape index (κ2) is 8.21. The molecule has 0 atom stereocenters. The number of piperidine rings is 1. The highest BCUT2D eigenvalue weighted by Crippen LogP contribution is 2.30. The number of aromatic amines is 1. The van der Waals surface area contributed by atoms with E-state index in [9.17, 15) is 8.78 Å². The van der Waals surface area contributed by atoms with Crippen molar-refractivity contribution < 1.29 is 8.78 Å². The van der Waals surface area contributed by atoms with E-state index >= 15 is 0 Å².